The number of hydrogen-bond acceptors (Lipinski definition) is 5. The molecule has 2 aromatic carbocycles. The zero-order valence-corrected chi connectivity index (χ0v) is 17.7. The minimum atomic E-state index is -4.13. The summed E-state index contributed by atoms with van der Waals surface area (Å²) in [5.74, 6) is -0.742. The summed E-state index contributed by atoms with van der Waals surface area (Å²) in [6.07, 6.45) is 1.82. The fraction of sp³-hybridized carbons (Fsp3) is 0.455. The summed E-state index contributed by atoms with van der Waals surface area (Å²) in [7, 11) is -2.84. The first kappa shape index (κ1) is 20.0. The van der Waals surface area contributed by atoms with Crippen LogP contribution in [0, 0.1) is 16.7 Å². The fourth-order valence-electron chi connectivity index (χ4n) is 5.22. The Morgan fingerprint density at radius 3 is 2.52 bits per heavy atom. The zero-order valence-electron chi connectivity index (χ0n) is 16.8. The fourth-order valence-corrected chi connectivity index (χ4v) is 6.96. The number of carbonyl (C=O) groups excluding carboxylic acids is 2. The molecule has 0 saturated heterocycles. The number of ketones is 1. The molecule has 6 nitrogen and oxygen atoms in total. The van der Waals surface area contributed by atoms with Gasteiger partial charge in [0.1, 0.15) is 5.78 Å². The topological polar surface area (TPSA) is 80.8 Å². The minimum absolute atomic E-state index is 0.00559. The largest absolute Gasteiger partial charge is 0.299 e. The van der Waals surface area contributed by atoms with Crippen molar-refractivity contribution in [3.63, 3.8) is 0 Å². The number of nitrogens with zero attached hydrogens (tertiary/aromatic N) is 1. The van der Waals surface area contributed by atoms with E-state index in [2.05, 4.69) is 0 Å². The second-order valence-corrected chi connectivity index (χ2v) is 10.3. The molecule has 7 heteroatoms. The van der Waals surface area contributed by atoms with E-state index < -0.39 is 32.6 Å². The number of Topliss-reactive ketones (excluding diaryl/α,β-unsaturated/α-hetero) is 1. The molecular formula is C22H25NO5S. The Labute approximate surface area is 170 Å². The zero-order chi connectivity index (χ0) is 21.0. The SMILES string of the molecule is CN(OS(=O)(=O)CC12CCC(CC1=O)C2(C)C)C(=O)c1cccc2ccccc12. The number of amides is 1. The summed E-state index contributed by atoms with van der Waals surface area (Å²) in [6, 6.07) is 12.6. The van der Waals surface area contributed by atoms with Crippen LogP contribution in [0.1, 0.15) is 43.5 Å². The molecule has 2 aliphatic rings. The second kappa shape index (κ2) is 6.64. The van der Waals surface area contributed by atoms with Crippen LogP contribution in [-0.4, -0.2) is 38.0 Å². The first-order valence-electron chi connectivity index (χ1n) is 9.79. The van der Waals surface area contributed by atoms with Gasteiger partial charge in [-0.05, 0) is 41.0 Å². The lowest BCUT2D eigenvalue weighted by Crippen LogP contribution is -2.44. The van der Waals surface area contributed by atoms with E-state index >= 15 is 0 Å². The lowest BCUT2D eigenvalue weighted by molar-refractivity contribution is -0.128. The van der Waals surface area contributed by atoms with E-state index in [1.165, 1.54) is 7.05 Å². The molecule has 4 rings (SSSR count). The van der Waals surface area contributed by atoms with E-state index in [1.54, 1.807) is 12.1 Å². The number of benzene rings is 2. The maximum Gasteiger partial charge on any atom is 0.289 e. The van der Waals surface area contributed by atoms with Gasteiger partial charge < -0.3 is 0 Å². The summed E-state index contributed by atoms with van der Waals surface area (Å²) < 4.78 is 30.8. The van der Waals surface area contributed by atoms with E-state index in [-0.39, 0.29) is 11.7 Å². The van der Waals surface area contributed by atoms with Crippen molar-refractivity contribution in [2.24, 2.45) is 16.7 Å². The Bertz CT molecular complexity index is 1100. The molecule has 2 fully saturated rings. The number of carbonyl (C=O) groups is 2. The van der Waals surface area contributed by atoms with Crippen LogP contribution in [0.15, 0.2) is 42.5 Å². The molecule has 2 aromatic rings. The third-order valence-corrected chi connectivity index (χ3v) is 8.39. The van der Waals surface area contributed by atoms with Gasteiger partial charge in [0.05, 0.1) is 11.2 Å². The highest BCUT2D eigenvalue weighted by atomic mass is 32.2. The molecule has 2 saturated carbocycles. The number of fused-ring (bicyclic) bond motifs is 3. The van der Waals surface area contributed by atoms with Crippen LogP contribution in [0.3, 0.4) is 0 Å². The van der Waals surface area contributed by atoms with Crippen molar-refractivity contribution >= 4 is 32.6 Å². The maximum absolute atomic E-state index is 12.9. The predicted molar refractivity (Wildman–Crippen MR) is 109 cm³/mol. The molecule has 2 atom stereocenters. The van der Waals surface area contributed by atoms with Crippen LogP contribution in [0.2, 0.25) is 0 Å². The third-order valence-electron chi connectivity index (χ3n) is 7.09. The molecule has 1 amide bonds. The van der Waals surface area contributed by atoms with Gasteiger partial charge in [-0.3, -0.25) is 9.59 Å². The van der Waals surface area contributed by atoms with Gasteiger partial charge in [-0.15, -0.1) is 4.28 Å². The molecular weight excluding hydrogens is 390 g/mol. The van der Waals surface area contributed by atoms with E-state index in [9.17, 15) is 18.0 Å². The first-order valence-corrected chi connectivity index (χ1v) is 11.4. The smallest absolute Gasteiger partial charge is 0.289 e. The molecule has 0 spiro atoms. The van der Waals surface area contributed by atoms with Crippen molar-refractivity contribution in [3.05, 3.63) is 48.0 Å². The number of hydroxylamine groups is 2. The number of rotatable bonds is 5. The molecule has 0 aromatic heterocycles. The number of hydrogen-bond donors (Lipinski definition) is 0. The minimum Gasteiger partial charge on any atom is -0.299 e. The highest BCUT2D eigenvalue weighted by molar-refractivity contribution is 7.86. The van der Waals surface area contributed by atoms with Crippen molar-refractivity contribution in [1.29, 1.82) is 0 Å². The van der Waals surface area contributed by atoms with Crippen LogP contribution >= 0.6 is 0 Å². The van der Waals surface area contributed by atoms with Gasteiger partial charge in [0, 0.05) is 19.0 Å². The van der Waals surface area contributed by atoms with Gasteiger partial charge in [-0.1, -0.05) is 50.2 Å². The molecule has 0 radical (unpaired) electrons. The van der Waals surface area contributed by atoms with Gasteiger partial charge in [-0.25, -0.2) is 5.06 Å². The molecule has 0 heterocycles. The standard InChI is InChI=1S/C22H25NO5S/c1-21(2)16-11-12-22(21,19(24)13-16)14-29(26,27)28-23(3)20(25)18-10-6-8-15-7-4-5-9-17(15)18/h4-10,16H,11-14H2,1-3H3. The van der Waals surface area contributed by atoms with E-state index in [0.717, 1.165) is 22.3 Å². The van der Waals surface area contributed by atoms with E-state index in [4.69, 9.17) is 4.28 Å². The molecule has 0 aliphatic heterocycles. The van der Waals surface area contributed by atoms with Crippen molar-refractivity contribution in [2.75, 3.05) is 12.8 Å². The summed E-state index contributed by atoms with van der Waals surface area (Å²) in [5.41, 5.74) is -0.962. The van der Waals surface area contributed by atoms with Crippen molar-refractivity contribution in [3.8, 4) is 0 Å². The average molecular weight is 416 g/mol. The van der Waals surface area contributed by atoms with Crippen LogP contribution in [0.25, 0.3) is 10.8 Å². The Morgan fingerprint density at radius 1 is 1.17 bits per heavy atom. The van der Waals surface area contributed by atoms with Gasteiger partial charge in [0.15, 0.2) is 0 Å². The molecule has 29 heavy (non-hydrogen) atoms. The lowest BCUT2D eigenvalue weighted by Gasteiger charge is -2.36. The molecule has 2 unspecified atom stereocenters. The third kappa shape index (κ3) is 3.07. The Morgan fingerprint density at radius 2 is 1.86 bits per heavy atom. The average Bonchev–Trinajstić information content (AvgIpc) is 3.00. The van der Waals surface area contributed by atoms with Crippen LogP contribution in [-0.2, 0) is 19.2 Å². The van der Waals surface area contributed by atoms with Crippen molar-refractivity contribution < 1.29 is 22.3 Å². The molecule has 154 valence electrons. The highest BCUT2D eigenvalue weighted by Gasteiger charge is 2.65. The summed E-state index contributed by atoms with van der Waals surface area (Å²) in [6.45, 7) is 3.94. The normalized spacial score (nSPS) is 25.5. The first-order chi connectivity index (χ1) is 13.6. The molecule has 2 aliphatic carbocycles. The Balaban J connectivity index is 1.57. The van der Waals surface area contributed by atoms with Gasteiger partial charge >= 0.3 is 0 Å². The van der Waals surface area contributed by atoms with Crippen molar-refractivity contribution in [1.82, 2.24) is 5.06 Å². The van der Waals surface area contributed by atoms with E-state index in [1.807, 2.05) is 44.2 Å². The van der Waals surface area contributed by atoms with Crippen LogP contribution in [0.5, 0.6) is 0 Å². The summed E-state index contributed by atoms with van der Waals surface area (Å²) in [5, 5.41) is 2.35. The summed E-state index contributed by atoms with van der Waals surface area (Å²) >= 11 is 0. The van der Waals surface area contributed by atoms with Gasteiger partial charge in [-0.2, -0.15) is 8.42 Å². The highest BCUT2D eigenvalue weighted by Crippen LogP contribution is 2.64. The predicted octanol–water partition coefficient (Wildman–Crippen LogP) is 3.57. The van der Waals surface area contributed by atoms with Crippen molar-refractivity contribution in [2.45, 2.75) is 33.1 Å². The van der Waals surface area contributed by atoms with Crippen LogP contribution in [0.4, 0.5) is 0 Å². The molecule has 0 N–H and O–H groups in total. The molecule has 2 bridgehead atoms. The Kier molecular flexibility index (Phi) is 4.59. The quantitative estimate of drug-likeness (QED) is 0.698. The summed E-state index contributed by atoms with van der Waals surface area (Å²) in [4.78, 5) is 25.5. The van der Waals surface area contributed by atoms with E-state index in [0.29, 0.717) is 18.4 Å². The van der Waals surface area contributed by atoms with Crippen LogP contribution < -0.4 is 0 Å². The second-order valence-electron chi connectivity index (χ2n) is 8.77. The van der Waals surface area contributed by atoms with Gasteiger partial charge in [0.25, 0.3) is 16.0 Å². The van der Waals surface area contributed by atoms with Gasteiger partial charge in [0.2, 0.25) is 0 Å². The monoisotopic (exact) mass is 415 g/mol. The lowest BCUT2D eigenvalue weighted by atomic mass is 9.70. The Hall–Kier alpha value is -2.25. The maximum atomic E-state index is 12.9.